The van der Waals surface area contributed by atoms with Crippen LogP contribution in [0.3, 0.4) is 0 Å². The average Bonchev–Trinajstić information content (AvgIpc) is 3.37. The number of rotatable bonds is 6. The molecule has 30 heavy (non-hydrogen) atoms. The van der Waals surface area contributed by atoms with E-state index in [-0.39, 0.29) is 28.6 Å². The summed E-state index contributed by atoms with van der Waals surface area (Å²) >= 11 is 0. The number of amides is 2. The van der Waals surface area contributed by atoms with Crippen LogP contribution in [0.25, 0.3) is 5.57 Å². The number of likely N-dealkylation sites (N-methyl/N-ethyl adjacent to an activating group) is 1. The van der Waals surface area contributed by atoms with Crippen LogP contribution >= 0.6 is 0 Å². The monoisotopic (exact) mass is 425 g/mol. The van der Waals surface area contributed by atoms with E-state index >= 15 is 0 Å². The van der Waals surface area contributed by atoms with Crippen molar-refractivity contribution in [2.24, 2.45) is 0 Å². The molecular formula is C22H23N3O4S. The lowest BCUT2D eigenvalue weighted by Gasteiger charge is -2.16. The van der Waals surface area contributed by atoms with Gasteiger partial charge in [0.1, 0.15) is 5.70 Å². The highest BCUT2D eigenvalue weighted by Gasteiger charge is 2.38. The van der Waals surface area contributed by atoms with Crippen molar-refractivity contribution in [3.05, 3.63) is 65.9 Å². The van der Waals surface area contributed by atoms with E-state index < -0.39 is 15.9 Å². The van der Waals surface area contributed by atoms with Gasteiger partial charge in [-0.3, -0.25) is 14.5 Å². The number of nitrogens with one attached hydrogen (secondary N) is 1. The first kappa shape index (κ1) is 20.3. The number of carbonyl (C=O) groups is 2. The van der Waals surface area contributed by atoms with Crippen molar-refractivity contribution in [3.63, 3.8) is 0 Å². The second-order valence-electron chi connectivity index (χ2n) is 7.23. The molecule has 0 saturated carbocycles. The Bertz CT molecular complexity index is 1120. The van der Waals surface area contributed by atoms with Crippen molar-refractivity contribution < 1.29 is 18.0 Å². The van der Waals surface area contributed by atoms with Gasteiger partial charge in [-0.25, -0.2) is 8.42 Å². The lowest BCUT2D eigenvalue weighted by Crippen LogP contribution is -2.32. The Morgan fingerprint density at radius 1 is 0.933 bits per heavy atom. The van der Waals surface area contributed by atoms with Gasteiger partial charge in [0.2, 0.25) is 10.0 Å². The molecule has 2 aromatic carbocycles. The molecule has 2 heterocycles. The molecule has 0 aromatic heterocycles. The number of sulfonamides is 1. The van der Waals surface area contributed by atoms with Gasteiger partial charge < -0.3 is 5.32 Å². The molecule has 2 aliphatic heterocycles. The summed E-state index contributed by atoms with van der Waals surface area (Å²) in [6, 6.07) is 15.4. The topological polar surface area (TPSA) is 86.8 Å². The van der Waals surface area contributed by atoms with E-state index in [1.807, 2.05) is 6.07 Å². The number of hydrogen-bond acceptors (Lipinski definition) is 5. The van der Waals surface area contributed by atoms with Gasteiger partial charge in [-0.2, -0.15) is 4.31 Å². The fourth-order valence-corrected chi connectivity index (χ4v) is 5.37. The van der Waals surface area contributed by atoms with Crippen LogP contribution in [0.15, 0.2) is 65.2 Å². The minimum Gasteiger partial charge on any atom is -0.350 e. The maximum Gasteiger partial charge on any atom is 0.278 e. The molecule has 1 fully saturated rings. The summed E-state index contributed by atoms with van der Waals surface area (Å²) in [5.41, 5.74) is 1.52. The van der Waals surface area contributed by atoms with Gasteiger partial charge in [0.05, 0.1) is 10.5 Å². The fraction of sp³-hybridized carbons (Fsp3) is 0.273. The third-order valence-corrected chi connectivity index (χ3v) is 7.25. The number of imide groups is 1. The third kappa shape index (κ3) is 3.53. The summed E-state index contributed by atoms with van der Waals surface area (Å²) in [5.74, 6) is -0.786. The summed E-state index contributed by atoms with van der Waals surface area (Å²) < 4.78 is 27.2. The summed E-state index contributed by atoms with van der Waals surface area (Å²) in [4.78, 5) is 27.1. The fourth-order valence-electron chi connectivity index (χ4n) is 3.81. The molecule has 2 aliphatic rings. The van der Waals surface area contributed by atoms with Gasteiger partial charge in [0, 0.05) is 25.3 Å². The molecule has 0 spiro atoms. The van der Waals surface area contributed by atoms with Crippen molar-refractivity contribution in [2.45, 2.75) is 24.7 Å². The summed E-state index contributed by atoms with van der Waals surface area (Å²) in [6.45, 7) is 3.02. The third-order valence-electron chi connectivity index (χ3n) is 5.35. The Hall–Kier alpha value is -2.97. The largest absolute Gasteiger partial charge is 0.350 e. The minimum absolute atomic E-state index is 0.156. The van der Waals surface area contributed by atoms with Gasteiger partial charge in [0.25, 0.3) is 11.8 Å². The number of anilines is 1. The number of nitrogens with zero attached hydrogens (tertiary/aromatic N) is 2. The van der Waals surface area contributed by atoms with E-state index in [1.165, 1.54) is 15.3 Å². The van der Waals surface area contributed by atoms with Crippen molar-refractivity contribution in [3.8, 4) is 0 Å². The highest BCUT2D eigenvalue weighted by atomic mass is 32.2. The predicted molar refractivity (Wildman–Crippen MR) is 114 cm³/mol. The zero-order valence-electron chi connectivity index (χ0n) is 16.7. The molecule has 0 radical (unpaired) electrons. The van der Waals surface area contributed by atoms with Crippen molar-refractivity contribution >= 4 is 33.1 Å². The maximum absolute atomic E-state index is 12.9. The smallest absolute Gasteiger partial charge is 0.278 e. The van der Waals surface area contributed by atoms with E-state index in [9.17, 15) is 18.0 Å². The summed E-state index contributed by atoms with van der Waals surface area (Å²) in [5, 5.41) is 3.02. The minimum atomic E-state index is -3.59. The Kier molecular flexibility index (Phi) is 5.44. The molecule has 0 bridgehead atoms. The quantitative estimate of drug-likeness (QED) is 0.719. The Balaban J connectivity index is 1.72. The number of carbonyl (C=O) groups excluding carboxylic acids is 2. The molecule has 7 nitrogen and oxygen atoms in total. The number of hydrogen-bond donors (Lipinski definition) is 1. The van der Waals surface area contributed by atoms with E-state index in [2.05, 4.69) is 5.32 Å². The molecule has 0 aliphatic carbocycles. The zero-order valence-corrected chi connectivity index (χ0v) is 17.5. The second kappa shape index (κ2) is 8.04. The molecule has 2 amide bonds. The normalized spacial score (nSPS) is 17.8. The van der Waals surface area contributed by atoms with Gasteiger partial charge >= 0.3 is 0 Å². The van der Waals surface area contributed by atoms with Crippen molar-refractivity contribution in [1.29, 1.82) is 0 Å². The van der Waals surface area contributed by atoms with Crippen molar-refractivity contribution in [2.75, 3.05) is 25.0 Å². The Morgan fingerprint density at radius 3 is 2.30 bits per heavy atom. The SMILES string of the molecule is CCN1C(=O)C(Nc2cccc(S(=O)(=O)N3CCCC3)c2)=C(c2ccccc2)C1=O. The molecule has 4 rings (SSSR count). The van der Waals surface area contributed by atoms with Crippen molar-refractivity contribution in [1.82, 2.24) is 9.21 Å². The highest BCUT2D eigenvalue weighted by molar-refractivity contribution is 7.89. The lowest BCUT2D eigenvalue weighted by molar-refractivity contribution is -0.136. The molecule has 1 saturated heterocycles. The van der Waals surface area contributed by atoms with Gasteiger partial charge in [0.15, 0.2) is 0 Å². The molecule has 156 valence electrons. The van der Waals surface area contributed by atoms with Gasteiger partial charge in [-0.1, -0.05) is 36.4 Å². The molecule has 1 N–H and O–H groups in total. The average molecular weight is 426 g/mol. The molecule has 8 heteroatoms. The first-order valence-electron chi connectivity index (χ1n) is 9.96. The van der Waals surface area contributed by atoms with Gasteiger partial charge in [-0.15, -0.1) is 0 Å². The van der Waals surface area contributed by atoms with Crippen LogP contribution in [-0.4, -0.2) is 49.1 Å². The van der Waals surface area contributed by atoms with E-state index in [1.54, 1.807) is 49.4 Å². The highest BCUT2D eigenvalue weighted by Crippen LogP contribution is 2.31. The zero-order chi connectivity index (χ0) is 21.3. The van der Waals surface area contributed by atoms with Gasteiger partial charge in [-0.05, 0) is 43.5 Å². The van der Waals surface area contributed by atoms with Crippen LogP contribution < -0.4 is 5.32 Å². The summed E-state index contributed by atoms with van der Waals surface area (Å²) in [6.07, 6.45) is 1.71. The molecule has 0 atom stereocenters. The lowest BCUT2D eigenvalue weighted by atomic mass is 10.0. The Morgan fingerprint density at radius 2 is 1.63 bits per heavy atom. The molecule has 2 aromatic rings. The standard InChI is InChI=1S/C22H23N3O4S/c1-2-25-21(26)19(16-9-4-3-5-10-16)20(22(25)27)23-17-11-8-12-18(15-17)30(28,29)24-13-6-7-14-24/h3-5,8-12,15,23H,2,6-7,13-14H2,1H3. The first-order chi connectivity index (χ1) is 14.4. The van der Waals surface area contributed by atoms with Crippen LogP contribution in [-0.2, 0) is 19.6 Å². The van der Waals surface area contributed by atoms with Crippen LogP contribution in [0.5, 0.6) is 0 Å². The van der Waals surface area contributed by atoms with E-state index in [0.717, 1.165) is 12.8 Å². The Labute approximate surface area is 176 Å². The van der Waals surface area contributed by atoms with Crippen LogP contribution in [0.2, 0.25) is 0 Å². The van der Waals surface area contributed by atoms with E-state index in [4.69, 9.17) is 0 Å². The van der Waals surface area contributed by atoms with E-state index in [0.29, 0.717) is 24.3 Å². The maximum atomic E-state index is 12.9. The first-order valence-corrected chi connectivity index (χ1v) is 11.4. The number of benzene rings is 2. The van der Waals surface area contributed by atoms with Crippen LogP contribution in [0.1, 0.15) is 25.3 Å². The van der Waals surface area contributed by atoms with Crippen LogP contribution in [0.4, 0.5) is 5.69 Å². The van der Waals surface area contributed by atoms with Crippen LogP contribution in [0, 0.1) is 0 Å². The molecular weight excluding hydrogens is 402 g/mol. The molecule has 0 unspecified atom stereocenters. The second-order valence-corrected chi connectivity index (χ2v) is 9.17. The summed E-state index contributed by atoms with van der Waals surface area (Å²) in [7, 11) is -3.59. The predicted octanol–water partition coefficient (Wildman–Crippen LogP) is 2.68.